The Morgan fingerprint density at radius 3 is 2.57 bits per heavy atom. The highest BCUT2D eigenvalue weighted by Gasteiger charge is 2.50. The average molecular weight is 407 g/mol. The molecule has 0 spiro atoms. The van der Waals surface area contributed by atoms with Crippen LogP contribution in [0.4, 0.5) is 0 Å². The molecular formula is C24H25NO5. The van der Waals surface area contributed by atoms with E-state index in [2.05, 4.69) is 0 Å². The van der Waals surface area contributed by atoms with Crippen molar-refractivity contribution in [3.63, 3.8) is 0 Å². The van der Waals surface area contributed by atoms with Crippen LogP contribution in [0.5, 0.6) is 17.2 Å². The number of hydrogen-bond acceptors (Lipinski definition) is 5. The van der Waals surface area contributed by atoms with E-state index in [-0.39, 0.29) is 30.9 Å². The first-order valence-corrected chi connectivity index (χ1v) is 10.7. The molecule has 2 fully saturated rings. The van der Waals surface area contributed by atoms with E-state index < -0.39 is 5.60 Å². The molecule has 4 heterocycles. The lowest BCUT2D eigenvalue weighted by Gasteiger charge is -2.44. The highest BCUT2D eigenvalue weighted by molar-refractivity contribution is 5.95. The fourth-order valence-electron chi connectivity index (χ4n) is 5.68. The Morgan fingerprint density at radius 2 is 1.77 bits per heavy atom. The van der Waals surface area contributed by atoms with E-state index in [0.29, 0.717) is 24.3 Å². The number of amides is 1. The molecule has 1 amide bonds. The molecule has 2 aromatic rings. The van der Waals surface area contributed by atoms with Crippen LogP contribution in [0.2, 0.25) is 0 Å². The van der Waals surface area contributed by atoms with Gasteiger partial charge in [-0.25, -0.2) is 0 Å². The Labute approximate surface area is 175 Å². The zero-order valence-corrected chi connectivity index (χ0v) is 17.0. The van der Waals surface area contributed by atoms with E-state index in [9.17, 15) is 9.90 Å². The van der Waals surface area contributed by atoms with Crippen LogP contribution in [0.1, 0.15) is 54.1 Å². The van der Waals surface area contributed by atoms with E-state index in [1.807, 2.05) is 48.2 Å². The van der Waals surface area contributed by atoms with Crippen molar-refractivity contribution in [3.05, 3.63) is 53.1 Å². The fraction of sp³-hybridized carbons (Fsp3) is 0.458. The van der Waals surface area contributed by atoms with Crippen molar-refractivity contribution in [2.75, 3.05) is 6.79 Å². The van der Waals surface area contributed by atoms with Crippen molar-refractivity contribution in [1.82, 2.24) is 4.90 Å². The SMILES string of the molecule is C[C@H]1Cc2cc(C(=O)N3[C@H]4CC[C@H]3CC(O)(c3ccc5c(c3)OCO5)C4)ccc2O1. The van der Waals surface area contributed by atoms with Gasteiger partial charge in [-0.1, -0.05) is 6.07 Å². The third-order valence-corrected chi connectivity index (χ3v) is 7.05. The van der Waals surface area contributed by atoms with E-state index in [4.69, 9.17) is 14.2 Å². The minimum Gasteiger partial charge on any atom is -0.490 e. The summed E-state index contributed by atoms with van der Waals surface area (Å²) in [5.41, 5.74) is 1.72. The normalized spacial score (nSPS) is 30.9. The zero-order chi connectivity index (χ0) is 20.5. The maximum absolute atomic E-state index is 13.4. The summed E-state index contributed by atoms with van der Waals surface area (Å²) >= 11 is 0. The van der Waals surface area contributed by atoms with Crippen LogP contribution in [0, 0.1) is 0 Å². The van der Waals surface area contributed by atoms with E-state index in [1.54, 1.807) is 0 Å². The van der Waals surface area contributed by atoms with Crippen molar-refractivity contribution >= 4 is 5.91 Å². The number of ether oxygens (including phenoxy) is 3. The molecule has 0 radical (unpaired) electrons. The maximum atomic E-state index is 13.4. The van der Waals surface area contributed by atoms with Crippen molar-refractivity contribution in [3.8, 4) is 17.2 Å². The number of aliphatic hydroxyl groups is 1. The molecule has 6 nitrogen and oxygen atoms in total. The summed E-state index contributed by atoms with van der Waals surface area (Å²) in [7, 11) is 0. The summed E-state index contributed by atoms with van der Waals surface area (Å²) in [5.74, 6) is 2.35. The van der Waals surface area contributed by atoms with Crippen LogP contribution in [-0.2, 0) is 12.0 Å². The van der Waals surface area contributed by atoms with Gasteiger partial charge in [0.2, 0.25) is 6.79 Å². The molecule has 0 aliphatic carbocycles. The van der Waals surface area contributed by atoms with Crippen LogP contribution in [0.15, 0.2) is 36.4 Å². The quantitative estimate of drug-likeness (QED) is 0.827. The van der Waals surface area contributed by atoms with Crippen LogP contribution in [-0.4, -0.2) is 40.9 Å². The second kappa shape index (κ2) is 6.38. The maximum Gasteiger partial charge on any atom is 0.254 e. The molecular weight excluding hydrogens is 382 g/mol. The molecule has 2 saturated heterocycles. The van der Waals surface area contributed by atoms with Crippen molar-refractivity contribution in [2.24, 2.45) is 0 Å². The lowest BCUT2D eigenvalue weighted by molar-refractivity contribution is -0.0480. The molecule has 2 bridgehead atoms. The first-order chi connectivity index (χ1) is 14.5. The van der Waals surface area contributed by atoms with Gasteiger partial charge in [-0.3, -0.25) is 4.79 Å². The predicted molar refractivity (Wildman–Crippen MR) is 109 cm³/mol. The van der Waals surface area contributed by atoms with E-state index in [1.165, 1.54) is 0 Å². The Balaban J connectivity index is 1.26. The van der Waals surface area contributed by atoms with Gasteiger partial charge in [0.1, 0.15) is 11.9 Å². The summed E-state index contributed by atoms with van der Waals surface area (Å²) in [4.78, 5) is 15.4. The standard InChI is InChI=1S/C24H25NO5/c1-14-8-16-9-15(2-6-20(16)30-14)23(26)25-18-4-5-19(25)12-24(27,11-18)17-3-7-21-22(10-17)29-13-28-21/h2-3,6-7,9-10,14,18-19,27H,4-5,8,11-13H2,1H3/t14-,18-,19-/m0/s1. The first-order valence-electron chi connectivity index (χ1n) is 10.7. The van der Waals surface area contributed by atoms with Crippen LogP contribution in [0.3, 0.4) is 0 Å². The van der Waals surface area contributed by atoms with Gasteiger partial charge in [0, 0.05) is 36.9 Å². The van der Waals surface area contributed by atoms with E-state index in [0.717, 1.165) is 41.7 Å². The van der Waals surface area contributed by atoms with Crippen molar-refractivity contribution < 1.29 is 24.1 Å². The topological polar surface area (TPSA) is 68.2 Å². The Bertz CT molecular complexity index is 1020. The molecule has 1 N–H and O–H groups in total. The Morgan fingerprint density at radius 1 is 1.03 bits per heavy atom. The predicted octanol–water partition coefficient (Wildman–Crippen LogP) is 3.39. The highest BCUT2D eigenvalue weighted by Crippen LogP contribution is 2.48. The number of carbonyl (C=O) groups excluding carboxylic acids is 1. The summed E-state index contributed by atoms with van der Waals surface area (Å²) in [6.45, 7) is 2.26. The molecule has 4 aliphatic rings. The van der Waals surface area contributed by atoms with Gasteiger partial charge in [-0.15, -0.1) is 0 Å². The second-order valence-electron chi connectivity index (χ2n) is 9.06. The molecule has 6 heteroatoms. The van der Waals surface area contributed by atoms with Gasteiger partial charge in [0.25, 0.3) is 5.91 Å². The van der Waals surface area contributed by atoms with Gasteiger partial charge in [0.05, 0.1) is 5.60 Å². The number of piperidine rings is 1. The average Bonchev–Trinajstić information content (AvgIpc) is 3.41. The number of fused-ring (bicyclic) bond motifs is 4. The zero-order valence-electron chi connectivity index (χ0n) is 17.0. The van der Waals surface area contributed by atoms with Crippen LogP contribution >= 0.6 is 0 Å². The minimum absolute atomic E-state index is 0.0371. The van der Waals surface area contributed by atoms with Crippen molar-refractivity contribution in [2.45, 2.75) is 62.8 Å². The molecule has 3 atom stereocenters. The monoisotopic (exact) mass is 407 g/mol. The number of hydrogen-bond donors (Lipinski definition) is 1. The molecule has 30 heavy (non-hydrogen) atoms. The van der Waals surface area contributed by atoms with Gasteiger partial charge >= 0.3 is 0 Å². The molecule has 0 unspecified atom stereocenters. The fourth-order valence-corrected chi connectivity index (χ4v) is 5.68. The summed E-state index contributed by atoms with van der Waals surface area (Å²) < 4.78 is 16.7. The third-order valence-electron chi connectivity index (χ3n) is 7.05. The third kappa shape index (κ3) is 2.70. The Kier molecular flexibility index (Phi) is 3.84. The summed E-state index contributed by atoms with van der Waals surface area (Å²) in [6.07, 6.45) is 3.93. The second-order valence-corrected chi connectivity index (χ2v) is 9.06. The van der Waals surface area contributed by atoms with Gasteiger partial charge in [0.15, 0.2) is 11.5 Å². The Hall–Kier alpha value is -2.73. The van der Waals surface area contributed by atoms with Crippen LogP contribution in [0.25, 0.3) is 0 Å². The highest BCUT2D eigenvalue weighted by atomic mass is 16.7. The summed E-state index contributed by atoms with van der Waals surface area (Å²) in [6, 6.07) is 11.5. The van der Waals surface area contributed by atoms with Crippen LogP contribution < -0.4 is 14.2 Å². The largest absolute Gasteiger partial charge is 0.490 e. The lowest BCUT2D eigenvalue weighted by Crippen LogP contribution is -2.52. The first kappa shape index (κ1) is 18.1. The molecule has 156 valence electrons. The van der Waals surface area contributed by atoms with Gasteiger partial charge in [-0.2, -0.15) is 0 Å². The molecule has 2 aromatic carbocycles. The number of rotatable bonds is 2. The number of nitrogens with zero attached hydrogens (tertiary/aromatic N) is 1. The molecule has 4 aliphatic heterocycles. The smallest absolute Gasteiger partial charge is 0.254 e. The summed E-state index contributed by atoms with van der Waals surface area (Å²) in [5, 5.41) is 11.5. The molecule has 6 rings (SSSR count). The number of carbonyl (C=O) groups is 1. The minimum atomic E-state index is -0.954. The lowest BCUT2D eigenvalue weighted by atomic mass is 9.80. The molecule has 0 aromatic heterocycles. The van der Waals surface area contributed by atoms with Crippen molar-refractivity contribution in [1.29, 1.82) is 0 Å². The molecule has 0 saturated carbocycles. The number of benzene rings is 2. The van der Waals surface area contributed by atoms with E-state index >= 15 is 0 Å². The van der Waals surface area contributed by atoms with Gasteiger partial charge < -0.3 is 24.2 Å². The van der Waals surface area contributed by atoms with Gasteiger partial charge in [-0.05, 0) is 61.2 Å².